The Morgan fingerprint density at radius 3 is 2.44 bits per heavy atom. The summed E-state index contributed by atoms with van der Waals surface area (Å²) in [6, 6.07) is 13.6. The maximum atomic E-state index is 12.7. The summed E-state index contributed by atoms with van der Waals surface area (Å²) < 4.78 is 42.1. The fraction of sp³-hybridized carbons (Fsp3) is 0.360. The quantitative estimate of drug-likeness (QED) is 0.386. The zero-order valence-corrected chi connectivity index (χ0v) is 20.0. The van der Waals surface area contributed by atoms with Crippen molar-refractivity contribution in [3.63, 3.8) is 0 Å². The minimum absolute atomic E-state index is 0.305. The Hall–Kier alpha value is -3.33. The molecule has 0 spiro atoms. The molecule has 0 aliphatic heterocycles. The van der Waals surface area contributed by atoms with Gasteiger partial charge in [-0.2, -0.15) is 4.98 Å². The van der Waals surface area contributed by atoms with Crippen molar-refractivity contribution in [2.75, 3.05) is 37.8 Å². The van der Waals surface area contributed by atoms with E-state index in [9.17, 15) is 13.2 Å². The van der Waals surface area contributed by atoms with E-state index in [1.54, 1.807) is 12.1 Å². The molecule has 0 bridgehead atoms. The molecule has 0 fully saturated rings. The number of aryl methyl sites for hydroxylation is 1. The van der Waals surface area contributed by atoms with Gasteiger partial charge in [-0.15, -0.1) is 13.2 Å². The van der Waals surface area contributed by atoms with Gasteiger partial charge in [-0.25, -0.2) is 4.98 Å². The molecule has 0 saturated carbocycles. The average Bonchev–Trinajstić information content (AvgIpc) is 2.72. The van der Waals surface area contributed by atoms with Crippen molar-refractivity contribution in [1.29, 1.82) is 0 Å². The van der Waals surface area contributed by atoms with E-state index in [0.29, 0.717) is 35.5 Å². The molecule has 0 unspecified atom stereocenters. The van der Waals surface area contributed by atoms with Crippen molar-refractivity contribution in [3.05, 3.63) is 59.7 Å². The number of aromatic nitrogens is 2. The van der Waals surface area contributed by atoms with Gasteiger partial charge in [0, 0.05) is 30.4 Å². The smallest absolute Gasteiger partial charge is 0.406 e. The van der Waals surface area contributed by atoms with Crippen LogP contribution in [-0.4, -0.2) is 48.4 Å². The predicted octanol–water partition coefficient (Wildman–Crippen LogP) is 6.19. The Balaban J connectivity index is 1.94. The number of halogens is 3. The van der Waals surface area contributed by atoms with Crippen LogP contribution in [0.5, 0.6) is 5.75 Å². The van der Waals surface area contributed by atoms with Gasteiger partial charge >= 0.3 is 6.36 Å². The fourth-order valence-corrected chi connectivity index (χ4v) is 3.53. The van der Waals surface area contributed by atoms with Crippen LogP contribution in [0, 0.1) is 6.92 Å². The number of alkyl halides is 3. The standard InChI is InChI=1S/C25H30F3N5O/c1-16(2)21-10-9-19(13-17(21)3)30-23-15-22(31-24(32-23)29-11-12-33(4)5)18-7-6-8-20(14-18)34-25(26,27)28/h6-10,13-16H,11-12H2,1-5H3,(H2,29,30,31,32). The van der Waals surface area contributed by atoms with Gasteiger partial charge in [0.05, 0.1) is 5.69 Å². The van der Waals surface area contributed by atoms with Crippen LogP contribution in [0.15, 0.2) is 48.5 Å². The summed E-state index contributed by atoms with van der Waals surface area (Å²) in [7, 11) is 3.92. The summed E-state index contributed by atoms with van der Waals surface area (Å²) in [5.41, 5.74) is 4.24. The number of anilines is 3. The maximum Gasteiger partial charge on any atom is 0.573 e. The number of nitrogens with one attached hydrogen (secondary N) is 2. The van der Waals surface area contributed by atoms with E-state index in [-0.39, 0.29) is 5.75 Å². The number of ether oxygens (including phenoxy) is 1. The molecule has 9 heteroatoms. The molecule has 34 heavy (non-hydrogen) atoms. The molecule has 3 rings (SSSR count). The molecule has 0 amide bonds. The van der Waals surface area contributed by atoms with Crippen LogP contribution in [0.3, 0.4) is 0 Å². The Kier molecular flexibility index (Phi) is 7.98. The van der Waals surface area contributed by atoms with Crippen molar-refractivity contribution >= 4 is 17.5 Å². The van der Waals surface area contributed by atoms with E-state index in [2.05, 4.69) is 52.2 Å². The van der Waals surface area contributed by atoms with E-state index < -0.39 is 6.36 Å². The predicted molar refractivity (Wildman–Crippen MR) is 130 cm³/mol. The Morgan fingerprint density at radius 1 is 1.03 bits per heavy atom. The third-order valence-electron chi connectivity index (χ3n) is 5.10. The zero-order valence-electron chi connectivity index (χ0n) is 20.0. The second kappa shape index (κ2) is 10.7. The highest BCUT2D eigenvalue weighted by atomic mass is 19.4. The van der Waals surface area contributed by atoms with Gasteiger partial charge in [0.2, 0.25) is 5.95 Å². The van der Waals surface area contributed by atoms with E-state index in [1.165, 1.54) is 23.8 Å². The molecule has 0 aliphatic rings. The lowest BCUT2D eigenvalue weighted by Gasteiger charge is -2.15. The van der Waals surface area contributed by atoms with Gasteiger partial charge in [0.25, 0.3) is 0 Å². The van der Waals surface area contributed by atoms with Crippen LogP contribution in [0.2, 0.25) is 0 Å². The van der Waals surface area contributed by atoms with Crippen LogP contribution in [0.1, 0.15) is 30.9 Å². The lowest BCUT2D eigenvalue weighted by molar-refractivity contribution is -0.274. The summed E-state index contributed by atoms with van der Waals surface area (Å²) in [5.74, 6) is 1.01. The van der Waals surface area contributed by atoms with Crippen LogP contribution < -0.4 is 15.4 Å². The van der Waals surface area contributed by atoms with E-state index in [4.69, 9.17) is 0 Å². The first kappa shape index (κ1) is 25.3. The van der Waals surface area contributed by atoms with Gasteiger partial charge in [-0.1, -0.05) is 32.0 Å². The van der Waals surface area contributed by atoms with Gasteiger partial charge in [0.1, 0.15) is 11.6 Å². The van der Waals surface area contributed by atoms with Gasteiger partial charge in [-0.05, 0) is 62.3 Å². The van der Waals surface area contributed by atoms with Gasteiger partial charge in [-0.3, -0.25) is 0 Å². The highest BCUT2D eigenvalue weighted by Gasteiger charge is 2.31. The van der Waals surface area contributed by atoms with Gasteiger partial charge in [0.15, 0.2) is 0 Å². The van der Waals surface area contributed by atoms with Crippen LogP contribution >= 0.6 is 0 Å². The summed E-state index contributed by atoms with van der Waals surface area (Å²) in [6.45, 7) is 7.73. The Labute approximate surface area is 198 Å². The van der Waals surface area contributed by atoms with Crippen molar-refractivity contribution in [3.8, 4) is 17.0 Å². The van der Waals surface area contributed by atoms with Crippen molar-refractivity contribution in [2.24, 2.45) is 0 Å². The maximum absolute atomic E-state index is 12.7. The zero-order chi connectivity index (χ0) is 24.9. The summed E-state index contributed by atoms with van der Waals surface area (Å²) in [6.07, 6.45) is -4.77. The lowest BCUT2D eigenvalue weighted by Crippen LogP contribution is -2.21. The molecule has 3 aromatic rings. The van der Waals surface area contributed by atoms with Crippen molar-refractivity contribution in [1.82, 2.24) is 14.9 Å². The number of rotatable bonds is 9. The van der Waals surface area contributed by atoms with E-state index in [0.717, 1.165) is 17.8 Å². The normalized spacial score (nSPS) is 11.7. The molecule has 182 valence electrons. The van der Waals surface area contributed by atoms with Gasteiger partial charge < -0.3 is 20.3 Å². The lowest BCUT2D eigenvalue weighted by atomic mass is 9.98. The third-order valence-corrected chi connectivity index (χ3v) is 5.10. The largest absolute Gasteiger partial charge is 0.573 e. The molecule has 6 nitrogen and oxygen atoms in total. The fourth-order valence-electron chi connectivity index (χ4n) is 3.53. The minimum Gasteiger partial charge on any atom is -0.406 e. The van der Waals surface area contributed by atoms with Crippen molar-refractivity contribution < 1.29 is 17.9 Å². The number of benzene rings is 2. The molecule has 0 atom stereocenters. The minimum atomic E-state index is -4.77. The highest BCUT2D eigenvalue weighted by molar-refractivity contribution is 5.68. The molecular formula is C25H30F3N5O. The Morgan fingerprint density at radius 2 is 1.79 bits per heavy atom. The molecule has 2 N–H and O–H groups in total. The number of hydrogen-bond donors (Lipinski definition) is 2. The van der Waals surface area contributed by atoms with Crippen molar-refractivity contribution in [2.45, 2.75) is 33.1 Å². The average molecular weight is 474 g/mol. The van der Waals surface area contributed by atoms with E-state index in [1.807, 2.05) is 31.1 Å². The second-order valence-corrected chi connectivity index (χ2v) is 8.62. The monoisotopic (exact) mass is 473 g/mol. The summed E-state index contributed by atoms with van der Waals surface area (Å²) in [4.78, 5) is 11.1. The summed E-state index contributed by atoms with van der Waals surface area (Å²) in [5, 5.41) is 6.49. The first-order valence-electron chi connectivity index (χ1n) is 11.0. The Bertz CT molecular complexity index is 1120. The summed E-state index contributed by atoms with van der Waals surface area (Å²) >= 11 is 0. The molecule has 1 heterocycles. The molecule has 2 aromatic carbocycles. The molecule has 0 radical (unpaired) electrons. The first-order valence-corrected chi connectivity index (χ1v) is 11.0. The number of likely N-dealkylation sites (N-methyl/N-ethyl adjacent to an activating group) is 1. The van der Waals surface area contributed by atoms with E-state index >= 15 is 0 Å². The second-order valence-electron chi connectivity index (χ2n) is 8.62. The number of nitrogens with zero attached hydrogens (tertiary/aromatic N) is 3. The molecule has 0 aliphatic carbocycles. The molecule has 0 saturated heterocycles. The first-order chi connectivity index (χ1) is 16.0. The van der Waals surface area contributed by atoms with Crippen LogP contribution in [-0.2, 0) is 0 Å². The third kappa shape index (κ3) is 7.34. The van der Waals surface area contributed by atoms with Crippen LogP contribution in [0.25, 0.3) is 11.3 Å². The SMILES string of the molecule is Cc1cc(Nc2cc(-c3cccc(OC(F)(F)F)c3)nc(NCCN(C)C)n2)ccc1C(C)C. The molecule has 1 aromatic heterocycles. The van der Waals surface area contributed by atoms with Crippen LogP contribution in [0.4, 0.5) is 30.6 Å². The highest BCUT2D eigenvalue weighted by Crippen LogP contribution is 2.30. The molecular weight excluding hydrogens is 443 g/mol. The number of hydrogen-bond acceptors (Lipinski definition) is 6. The topological polar surface area (TPSA) is 62.3 Å².